The number of carbonyl (C=O) groups excluding carboxylic acids is 1. The number of carboxylic acids is 1. The fraction of sp³-hybridized carbons (Fsp3) is 0.591. The number of carboxylic acid groups (broad SMARTS) is 1. The second-order valence-electron chi connectivity index (χ2n) is 10.2. The van der Waals surface area contributed by atoms with Gasteiger partial charge in [-0.25, -0.2) is 9.78 Å². The van der Waals surface area contributed by atoms with Crippen LogP contribution in [0.15, 0.2) is 23.2 Å². The summed E-state index contributed by atoms with van der Waals surface area (Å²) in [4.78, 5) is 33.3. The molecule has 1 amide bonds. The molecule has 2 aromatic heterocycles. The van der Waals surface area contributed by atoms with Crippen LogP contribution in [-0.4, -0.2) is 58.0 Å². The molecule has 7 nitrogen and oxygen atoms in total. The highest BCUT2D eigenvalue weighted by Crippen LogP contribution is 2.52. The molecule has 0 spiro atoms. The number of carbonyl (C=O) groups is 2. The van der Waals surface area contributed by atoms with Gasteiger partial charge in [0.2, 0.25) is 5.91 Å². The van der Waals surface area contributed by atoms with Crippen LogP contribution in [-0.2, 0) is 14.0 Å². The first-order valence-electron chi connectivity index (χ1n) is 10.8. The van der Waals surface area contributed by atoms with E-state index in [1.165, 1.54) is 16.2 Å². The number of hydrogen-bond donors (Lipinski definition) is 1. The minimum absolute atomic E-state index is 0.0342. The van der Waals surface area contributed by atoms with E-state index in [1.54, 1.807) is 18.1 Å². The summed E-state index contributed by atoms with van der Waals surface area (Å²) in [5.41, 5.74) is 0.852. The van der Waals surface area contributed by atoms with Gasteiger partial charge in [-0.05, 0) is 31.3 Å². The van der Waals surface area contributed by atoms with Crippen LogP contribution < -0.4 is 0 Å². The van der Waals surface area contributed by atoms with Gasteiger partial charge in [-0.3, -0.25) is 9.20 Å². The Bertz CT molecular complexity index is 1130. The van der Waals surface area contributed by atoms with Crippen molar-refractivity contribution in [1.82, 2.24) is 14.3 Å². The number of thioether (sulfide) groups is 1. The second-order valence-corrected chi connectivity index (χ2v) is 16.8. The number of fused-ring (bicyclic) bond motifs is 2. The Morgan fingerprint density at radius 1 is 1.38 bits per heavy atom. The van der Waals surface area contributed by atoms with Gasteiger partial charge in [-0.2, -0.15) is 0 Å². The molecule has 10 heteroatoms. The van der Waals surface area contributed by atoms with Gasteiger partial charge in [0.25, 0.3) is 0 Å². The SMILES string of the molecule is CSc1ncn2cc(C3=C(C(=O)O)N4C(=O)[C@H]([C@@H](C)O[Si](C)(C)C(C)(C)C)[C@H]4[C@H]3C)sc12. The predicted molar refractivity (Wildman–Crippen MR) is 130 cm³/mol. The van der Waals surface area contributed by atoms with Crippen molar-refractivity contribution in [3.63, 3.8) is 0 Å². The second kappa shape index (κ2) is 7.71. The lowest BCUT2D eigenvalue weighted by Crippen LogP contribution is -2.65. The number of rotatable bonds is 6. The number of nitrogens with zero attached hydrogens (tertiary/aromatic N) is 3. The first-order valence-corrected chi connectivity index (χ1v) is 15.7. The van der Waals surface area contributed by atoms with E-state index in [2.05, 4.69) is 38.8 Å². The highest BCUT2D eigenvalue weighted by atomic mass is 32.2. The van der Waals surface area contributed by atoms with E-state index in [-0.39, 0.29) is 40.6 Å². The van der Waals surface area contributed by atoms with Crippen LogP contribution in [0.4, 0.5) is 0 Å². The highest BCUT2D eigenvalue weighted by molar-refractivity contribution is 7.98. The monoisotopic (exact) mass is 493 g/mol. The fourth-order valence-corrected chi connectivity index (χ4v) is 7.99. The molecule has 0 bridgehead atoms. The normalized spacial score (nSPS) is 24.8. The molecule has 0 aliphatic carbocycles. The maximum atomic E-state index is 13.2. The number of hydrogen-bond acceptors (Lipinski definition) is 6. The van der Waals surface area contributed by atoms with E-state index < -0.39 is 14.3 Å². The molecule has 2 aliphatic heterocycles. The van der Waals surface area contributed by atoms with E-state index in [0.29, 0.717) is 0 Å². The van der Waals surface area contributed by atoms with E-state index in [4.69, 9.17) is 4.43 Å². The molecule has 4 heterocycles. The topological polar surface area (TPSA) is 84.1 Å². The van der Waals surface area contributed by atoms with Gasteiger partial charge in [0.05, 0.1) is 22.9 Å². The number of β-lactam (4-membered cyclic amide) rings is 1. The minimum atomic E-state index is -2.06. The van der Waals surface area contributed by atoms with Gasteiger partial charge in [0, 0.05) is 17.7 Å². The molecule has 4 atom stereocenters. The van der Waals surface area contributed by atoms with Gasteiger partial charge in [-0.1, -0.05) is 27.7 Å². The van der Waals surface area contributed by atoms with Crippen molar-refractivity contribution < 1.29 is 19.1 Å². The molecule has 0 unspecified atom stereocenters. The smallest absolute Gasteiger partial charge is 0.352 e. The van der Waals surface area contributed by atoms with Gasteiger partial charge in [0.1, 0.15) is 21.9 Å². The average molecular weight is 494 g/mol. The van der Waals surface area contributed by atoms with Crippen LogP contribution in [0.5, 0.6) is 0 Å². The van der Waals surface area contributed by atoms with Crippen molar-refractivity contribution in [2.45, 2.75) is 69.9 Å². The van der Waals surface area contributed by atoms with E-state index in [9.17, 15) is 14.7 Å². The predicted octanol–water partition coefficient (Wildman–Crippen LogP) is 4.80. The quantitative estimate of drug-likeness (QED) is 0.353. The number of aromatic nitrogens is 2. The van der Waals surface area contributed by atoms with Crippen LogP contribution >= 0.6 is 23.1 Å². The first kappa shape index (κ1) is 23.5. The minimum Gasteiger partial charge on any atom is -0.477 e. The molecule has 174 valence electrons. The van der Waals surface area contributed by atoms with Crippen LogP contribution in [0.3, 0.4) is 0 Å². The third-order valence-electron chi connectivity index (χ3n) is 7.29. The summed E-state index contributed by atoms with van der Waals surface area (Å²) in [6.07, 6.45) is 5.40. The first-order chi connectivity index (χ1) is 14.8. The van der Waals surface area contributed by atoms with Crippen molar-refractivity contribution in [2.75, 3.05) is 6.26 Å². The van der Waals surface area contributed by atoms with Gasteiger partial charge >= 0.3 is 5.97 Å². The molecular formula is C22H31N3O4S2Si. The Labute approximate surface area is 198 Å². The molecular weight excluding hydrogens is 462 g/mol. The van der Waals surface area contributed by atoms with Crippen molar-refractivity contribution in [3.05, 3.63) is 23.1 Å². The number of amides is 1. The van der Waals surface area contributed by atoms with E-state index >= 15 is 0 Å². The van der Waals surface area contributed by atoms with Crippen molar-refractivity contribution in [3.8, 4) is 0 Å². The molecule has 1 fully saturated rings. The maximum absolute atomic E-state index is 13.2. The summed E-state index contributed by atoms with van der Waals surface area (Å²) in [5.74, 6) is -1.63. The van der Waals surface area contributed by atoms with Gasteiger partial charge in [0.15, 0.2) is 8.32 Å². The van der Waals surface area contributed by atoms with Crippen LogP contribution in [0.25, 0.3) is 10.4 Å². The summed E-state index contributed by atoms with van der Waals surface area (Å²) in [5, 5.41) is 11.0. The zero-order valence-electron chi connectivity index (χ0n) is 19.8. The van der Waals surface area contributed by atoms with Crippen molar-refractivity contribution in [2.24, 2.45) is 11.8 Å². The number of imidazole rings is 1. The van der Waals surface area contributed by atoms with Gasteiger partial charge in [-0.15, -0.1) is 23.1 Å². The summed E-state index contributed by atoms with van der Waals surface area (Å²) in [7, 11) is -2.06. The molecule has 2 aromatic rings. The lowest BCUT2D eigenvalue weighted by Gasteiger charge is -2.50. The summed E-state index contributed by atoms with van der Waals surface area (Å²) >= 11 is 3.09. The molecule has 0 saturated carbocycles. The van der Waals surface area contributed by atoms with Crippen LogP contribution in [0, 0.1) is 11.8 Å². The molecule has 2 aliphatic rings. The third-order valence-corrected chi connectivity index (χ3v) is 13.8. The maximum Gasteiger partial charge on any atom is 0.352 e. The van der Waals surface area contributed by atoms with Crippen LogP contribution in [0.2, 0.25) is 18.1 Å². The van der Waals surface area contributed by atoms with Gasteiger partial charge < -0.3 is 14.4 Å². The standard InChI is InChI=1S/C22H31N3O4S2Si/c1-11-14(13-9-24-10-23-18(30-6)20(24)31-13)17(21(27)28)25-16(11)15(19(25)26)12(2)29-32(7,8)22(3,4)5/h9-12,15-16H,1-8H3,(H,27,28)/t11-,12+,15+,16+/m0/s1. The van der Waals surface area contributed by atoms with Crippen molar-refractivity contribution >= 4 is 53.7 Å². The Balaban J connectivity index is 1.69. The van der Waals surface area contributed by atoms with E-state index in [1.807, 2.05) is 30.7 Å². The largest absolute Gasteiger partial charge is 0.477 e. The number of thiazole rings is 1. The van der Waals surface area contributed by atoms with Crippen molar-refractivity contribution in [1.29, 1.82) is 0 Å². The molecule has 0 radical (unpaired) electrons. The van der Waals surface area contributed by atoms with E-state index in [0.717, 1.165) is 20.3 Å². The number of aliphatic carboxylic acids is 1. The lowest BCUT2D eigenvalue weighted by molar-refractivity contribution is -0.162. The summed E-state index contributed by atoms with van der Waals surface area (Å²) < 4.78 is 8.48. The molecule has 1 saturated heterocycles. The molecule has 0 aromatic carbocycles. The average Bonchev–Trinajstić information content (AvgIpc) is 3.29. The molecule has 4 rings (SSSR count). The Morgan fingerprint density at radius 2 is 2.03 bits per heavy atom. The third kappa shape index (κ3) is 3.38. The Morgan fingerprint density at radius 3 is 2.59 bits per heavy atom. The zero-order chi connectivity index (χ0) is 23.7. The highest BCUT2D eigenvalue weighted by Gasteiger charge is 2.61. The molecule has 32 heavy (non-hydrogen) atoms. The summed E-state index contributed by atoms with van der Waals surface area (Å²) in [6.45, 7) is 14.9. The fourth-order valence-electron chi connectivity index (χ4n) is 4.64. The Kier molecular flexibility index (Phi) is 5.67. The summed E-state index contributed by atoms with van der Waals surface area (Å²) in [6, 6.07) is -0.192. The Hall–Kier alpha value is -1.62. The lowest BCUT2D eigenvalue weighted by atomic mass is 9.77. The van der Waals surface area contributed by atoms with Crippen LogP contribution in [0.1, 0.15) is 39.5 Å². The molecule has 1 N–H and O–H groups in total. The zero-order valence-corrected chi connectivity index (χ0v) is 22.4.